The lowest BCUT2D eigenvalue weighted by atomic mass is 10.1. The first-order chi connectivity index (χ1) is 8.81. The minimum atomic E-state index is 0.847. The van der Waals surface area contributed by atoms with Gasteiger partial charge in [0.05, 0.1) is 11.8 Å². The molecule has 18 heavy (non-hydrogen) atoms. The van der Waals surface area contributed by atoms with Crippen LogP contribution in [0.2, 0.25) is 0 Å². The number of aromatic nitrogens is 1. The average molecular weight is 235 g/mol. The minimum absolute atomic E-state index is 0.847. The second-order valence-corrected chi connectivity index (χ2v) is 4.31. The summed E-state index contributed by atoms with van der Waals surface area (Å²) in [5.74, 6) is 0.847. The van der Waals surface area contributed by atoms with Gasteiger partial charge in [0, 0.05) is 11.6 Å². The molecular formula is C16H13NO. The van der Waals surface area contributed by atoms with Crippen molar-refractivity contribution in [2.75, 3.05) is 0 Å². The van der Waals surface area contributed by atoms with Gasteiger partial charge >= 0.3 is 0 Å². The summed E-state index contributed by atoms with van der Waals surface area (Å²) in [6.45, 7) is 2.09. The number of hydrogen-bond donors (Lipinski definition) is 0. The highest BCUT2D eigenvalue weighted by Gasteiger charge is 1.96. The zero-order chi connectivity index (χ0) is 12.4. The molecule has 2 aromatic heterocycles. The zero-order valence-electron chi connectivity index (χ0n) is 10.1. The van der Waals surface area contributed by atoms with Crippen molar-refractivity contribution in [3.8, 4) is 0 Å². The molecule has 0 unspecified atom stereocenters. The van der Waals surface area contributed by atoms with E-state index in [1.807, 2.05) is 36.5 Å². The van der Waals surface area contributed by atoms with Crippen molar-refractivity contribution in [2.45, 2.75) is 6.92 Å². The molecule has 2 nitrogen and oxygen atoms in total. The van der Waals surface area contributed by atoms with E-state index in [1.54, 1.807) is 6.26 Å². The molecule has 0 aliphatic carbocycles. The van der Waals surface area contributed by atoms with Crippen LogP contribution in [0.3, 0.4) is 0 Å². The zero-order valence-corrected chi connectivity index (χ0v) is 10.1. The van der Waals surface area contributed by atoms with Crippen molar-refractivity contribution in [2.24, 2.45) is 0 Å². The molecule has 0 saturated heterocycles. The fraction of sp³-hybridized carbons (Fsp3) is 0.0625. The molecule has 0 radical (unpaired) electrons. The Bertz CT molecular complexity index is 696. The van der Waals surface area contributed by atoms with Crippen molar-refractivity contribution in [3.05, 3.63) is 65.7 Å². The van der Waals surface area contributed by atoms with Gasteiger partial charge in [0.2, 0.25) is 0 Å². The van der Waals surface area contributed by atoms with Gasteiger partial charge < -0.3 is 4.42 Å². The van der Waals surface area contributed by atoms with Crippen LogP contribution in [-0.2, 0) is 0 Å². The van der Waals surface area contributed by atoms with Crippen LogP contribution in [0.4, 0.5) is 0 Å². The van der Waals surface area contributed by atoms with Gasteiger partial charge in [-0.05, 0) is 55.0 Å². The lowest BCUT2D eigenvalue weighted by Crippen LogP contribution is -1.82. The first kappa shape index (κ1) is 10.8. The summed E-state index contributed by atoms with van der Waals surface area (Å²) in [7, 11) is 0. The predicted molar refractivity (Wildman–Crippen MR) is 74.1 cm³/mol. The fourth-order valence-corrected chi connectivity index (χ4v) is 1.92. The highest BCUT2D eigenvalue weighted by atomic mass is 16.3. The van der Waals surface area contributed by atoms with Gasteiger partial charge in [0.25, 0.3) is 0 Å². The molecule has 3 rings (SSSR count). The van der Waals surface area contributed by atoms with Crippen molar-refractivity contribution in [3.63, 3.8) is 0 Å². The molecule has 2 heteroatoms. The number of pyridine rings is 1. The summed E-state index contributed by atoms with van der Waals surface area (Å²) in [5.41, 5.74) is 3.34. The second-order valence-electron chi connectivity index (χ2n) is 4.31. The normalized spacial score (nSPS) is 11.4. The third kappa shape index (κ3) is 2.18. The lowest BCUT2D eigenvalue weighted by Gasteiger charge is -2.00. The molecule has 0 aliphatic rings. The average Bonchev–Trinajstić information content (AvgIpc) is 2.89. The maximum Gasteiger partial charge on any atom is 0.126 e. The monoisotopic (exact) mass is 235 g/mol. The summed E-state index contributed by atoms with van der Waals surface area (Å²) in [6, 6.07) is 12.2. The minimum Gasteiger partial charge on any atom is -0.465 e. The van der Waals surface area contributed by atoms with E-state index in [1.165, 1.54) is 5.56 Å². The first-order valence-corrected chi connectivity index (χ1v) is 5.89. The Morgan fingerprint density at radius 1 is 1.11 bits per heavy atom. The molecule has 0 atom stereocenters. The Balaban J connectivity index is 1.98. The molecule has 0 amide bonds. The number of fused-ring (bicyclic) bond motifs is 1. The third-order valence-corrected chi connectivity index (χ3v) is 2.84. The van der Waals surface area contributed by atoms with Crippen LogP contribution in [-0.4, -0.2) is 4.98 Å². The summed E-state index contributed by atoms with van der Waals surface area (Å²) in [4.78, 5) is 4.44. The highest BCUT2D eigenvalue weighted by molar-refractivity contribution is 5.82. The van der Waals surface area contributed by atoms with Gasteiger partial charge in [-0.3, -0.25) is 4.98 Å². The quantitative estimate of drug-likeness (QED) is 0.661. The van der Waals surface area contributed by atoms with Gasteiger partial charge in [0.15, 0.2) is 0 Å². The summed E-state index contributed by atoms with van der Waals surface area (Å²) >= 11 is 0. The van der Waals surface area contributed by atoms with E-state index in [9.17, 15) is 0 Å². The molecule has 2 heterocycles. The van der Waals surface area contributed by atoms with Crippen LogP contribution < -0.4 is 0 Å². The predicted octanol–water partition coefficient (Wildman–Crippen LogP) is 4.31. The highest BCUT2D eigenvalue weighted by Crippen LogP contribution is 2.16. The molecule has 0 bridgehead atoms. The van der Waals surface area contributed by atoms with Crippen LogP contribution in [0.25, 0.3) is 23.1 Å². The van der Waals surface area contributed by atoms with E-state index in [2.05, 4.69) is 30.1 Å². The molecule has 0 saturated carbocycles. The molecule has 0 N–H and O–H groups in total. The van der Waals surface area contributed by atoms with Crippen LogP contribution >= 0.6 is 0 Å². The van der Waals surface area contributed by atoms with E-state index >= 15 is 0 Å². The Morgan fingerprint density at radius 3 is 2.89 bits per heavy atom. The number of nitrogens with zero attached hydrogens (tertiary/aromatic N) is 1. The number of hydrogen-bond acceptors (Lipinski definition) is 2. The Morgan fingerprint density at radius 2 is 2.06 bits per heavy atom. The smallest absolute Gasteiger partial charge is 0.126 e. The van der Waals surface area contributed by atoms with Crippen LogP contribution in [0.5, 0.6) is 0 Å². The van der Waals surface area contributed by atoms with Crippen molar-refractivity contribution < 1.29 is 4.42 Å². The maximum atomic E-state index is 5.25. The van der Waals surface area contributed by atoms with Crippen molar-refractivity contribution >= 4 is 23.1 Å². The topological polar surface area (TPSA) is 26.0 Å². The fourth-order valence-electron chi connectivity index (χ4n) is 1.92. The van der Waals surface area contributed by atoms with Crippen LogP contribution in [0, 0.1) is 6.92 Å². The van der Waals surface area contributed by atoms with E-state index in [0.717, 1.165) is 22.2 Å². The van der Waals surface area contributed by atoms with E-state index in [0.29, 0.717) is 0 Å². The Kier molecular flexibility index (Phi) is 2.69. The summed E-state index contributed by atoms with van der Waals surface area (Å²) in [5, 5.41) is 1.16. The lowest BCUT2D eigenvalue weighted by molar-refractivity contribution is 0.557. The number of benzene rings is 1. The second kappa shape index (κ2) is 4.49. The maximum absolute atomic E-state index is 5.25. The van der Waals surface area contributed by atoms with E-state index in [4.69, 9.17) is 4.42 Å². The molecule has 3 aromatic rings. The van der Waals surface area contributed by atoms with Gasteiger partial charge in [-0.15, -0.1) is 0 Å². The van der Waals surface area contributed by atoms with Crippen molar-refractivity contribution in [1.82, 2.24) is 4.98 Å². The van der Waals surface area contributed by atoms with Crippen molar-refractivity contribution in [1.29, 1.82) is 0 Å². The van der Waals surface area contributed by atoms with Crippen LogP contribution in [0.1, 0.15) is 16.9 Å². The Labute approximate surface area is 106 Å². The molecule has 1 aromatic carbocycles. The van der Waals surface area contributed by atoms with Gasteiger partial charge in [-0.2, -0.15) is 0 Å². The number of furan rings is 1. The largest absolute Gasteiger partial charge is 0.465 e. The summed E-state index contributed by atoms with van der Waals surface area (Å²) in [6.07, 6.45) is 7.49. The molecular weight excluding hydrogens is 222 g/mol. The van der Waals surface area contributed by atoms with Gasteiger partial charge in [-0.1, -0.05) is 11.6 Å². The molecule has 0 aliphatic heterocycles. The van der Waals surface area contributed by atoms with Crippen LogP contribution in [0.15, 0.2) is 53.3 Å². The first-order valence-electron chi connectivity index (χ1n) is 5.89. The molecule has 0 spiro atoms. The standard InChI is InChI=1S/C16H13NO/c1-12-4-7-16-14(9-12)10-13(11-17-16)5-6-15-3-2-8-18-15/h2-11H,1H3/b6-5+. The number of rotatable bonds is 2. The van der Waals surface area contributed by atoms with E-state index in [-0.39, 0.29) is 0 Å². The molecule has 88 valence electrons. The third-order valence-electron chi connectivity index (χ3n) is 2.84. The SMILES string of the molecule is Cc1ccc2ncc(/C=C/c3ccco3)cc2c1. The van der Waals surface area contributed by atoms with Gasteiger partial charge in [-0.25, -0.2) is 0 Å². The Hall–Kier alpha value is -2.35. The molecule has 0 fully saturated rings. The van der Waals surface area contributed by atoms with E-state index < -0.39 is 0 Å². The number of aryl methyl sites for hydroxylation is 1. The summed E-state index contributed by atoms with van der Waals surface area (Å²) < 4.78 is 5.25. The van der Waals surface area contributed by atoms with Gasteiger partial charge in [0.1, 0.15) is 5.76 Å².